The summed E-state index contributed by atoms with van der Waals surface area (Å²) in [6.45, 7) is 4.99. The van der Waals surface area contributed by atoms with Crippen molar-refractivity contribution in [3.63, 3.8) is 0 Å². The Morgan fingerprint density at radius 1 is 1.50 bits per heavy atom. The molecule has 0 atom stereocenters. The molecular weight excluding hydrogens is 230 g/mol. The second-order valence-electron chi connectivity index (χ2n) is 3.94. The average Bonchev–Trinajstić information content (AvgIpc) is 2.20. The molecule has 5 heteroatoms. The van der Waals surface area contributed by atoms with Crippen molar-refractivity contribution in [3.8, 4) is 0 Å². The molecule has 1 aromatic rings. The molecule has 0 unspecified atom stereocenters. The molecule has 0 aliphatic rings. The number of nitro groups is 1. The molecule has 0 N–H and O–H groups in total. The van der Waals surface area contributed by atoms with Crippen LogP contribution in [-0.4, -0.2) is 11.5 Å². The average molecular weight is 244 g/mol. The van der Waals surface area contributed by atoms with E-state index >= 15 is 0 Å². The summed E-state index contributed by atoms with van der Waals surface area (Å²) in [6.07, 6.45) is 0. The van der Waals surface area contributed by atoms with Crippen LogP contribution in [0.2, 0.25) is 5.02 Å². The monoisotopic (exact) mass is 243 g/mol. The van der Waals surface area contributed by atoms with Gasteiger partial charge in [0.1, 0.15) is 0 Å². The summed E-state index contributed by atoms with van der Waals surface area (Å²) in [6, 6.07) is 4.35. The van der Waals surface area contributed by atoms with Gasteiger partial charge < -0.3 is 4.74 Å². The van der Waals surface area contributed by atoms with Gasteiger partial charge in [-0.25, -0.2) is 0 Å². The van der Waals surface area contributed by atoms with Gasteiger partial charge >= 0.3 is 0 Å². The molecule has 0 bridgehead atoms. The predicted octanol–water partition coefficient (Wildman–Crippen LogP) is 3.42. The van der Waals surface area contributed by atoms with Crippen molar-refractivity contribution in [2.45, 2.75) is 20.5 Å². The Hall–Kier alpha value is -1.13. The van der Waals surface area contributed by atoms with Crippen molar-refractivity contribution in [1.29, 1.82) is 0 Å². The van der Waals surface area contributed by atoms with Crippen LogP contribution in [-0.2, 0) is 11.3 Å². The Balaban J connectivity index is 2.70. The van der Waals surface area contributed by atoms with Crippen LogP contribution in [0.15, 0.2) is 18.2 Å². The molecular formula is C11H14ClNO3. The molecule has 0 aromatic heterocycles. The number of hydrogen-bond acceptors (Lipinski definition) is 3. The Morgan fingerprint density at radius 2 is 2.19 bits per heavy atom. The Bertz CT molecular complexity index is 379. The first-order chi connectivity index (χ1) is 7.50. The summed E-state index contributed by atoms with van der Waals surface area (Å²) in [5.41, 5.74) is 0.684. The zero-order valence-corrected chi connectivity index (χ0v) is 10.0. The number of hydrogen-bond donors (Lipinski definition) is 0. The lowest BCUT2D eigenvalue weighted by Crippen LogP contribution is -2.02. The van der Waals surface area contributed by atoms with Crippen molar-refractivity contribution >= 4 is 17.3 Å². The van der Waals surface area contributed by atoms with E-state index < -0.39 is 4.92 Å². The molecule has 16 heavy (non-hydrogen) atoms. The van der Waals surface area contributed by atoms with Crippen LogP contribution < -0.4 is 0 Å². The minimum atomic E-state index is -0.442. The number of halogens is 1. The molecule has 0 saturated carbocycles. The third kappa shape index (κ3) is 3.79. The minimum absolute atomic E-state index is 0.0348. The van der Waals surface area contributed by atoms with Gasteiger partial charge in [0.15, 0.2) is 0 Å². The van der Waals surface area contributed by atoms with Gasteiger partial charge in [-0.15, -0.1) is 0 Å². The molecule has 0 spiro atoms. The third-order valence-corrected chi connectivity index (χ3v) is 2.32. The van der Waals surface area contributed by atoms with Gasteiger partial charge in [0.2, 0.25) is 0 Å². The lowest BCUT2D eigenvalue weighted by Gasteiger charge is -2.08. The highest BCUT2D eigenvalue weighted by Crippen LogP contribution is 2.22. The van der Waals surface area contributed by atoms with E-state index in [4.69, 9.17) is 16.3 Å². The van der Waals surface area contributed by atoms with Gasteiger partial charge in [-0.2, -0.15) is 0 Å². The minimum Gasteiger partial charge on any atom is -0.376 e. The van der Waals surface area contributed by atoms with Gasteiger partial charge in [0.25, 0.3) is 5.69 Å². The Kier molecular flexibility index (Phi) is 4.71. The molecule has 1 rings (SSSR count). The summed E-state index contributed by atoms with van der Waals surface area (Å²) >= 11 is 5.91. The number of nitrogens with zero attached hydrogens (tertiary/aromatic N) is 1. The second kappa shape index (κ2) is 5.82. The molecule has 0 fully saturated rings. The number of nitro benzene ring substituents is 1. The highest BCUT2D eigenvalue weighted by atomic mass is 35.5. The quantitative estimate of drug-likeness (QED) is 0.588. The second-order valence-corrected chi connectivity index (χ2v) is 4.35. The molecule has 4 nitrogen and oxygen atoms in total. The highest BCUT2D eigenvalue weighted by molar-refractivity contribution is 6.31. The maximum absolute atomic E-state index is 10.6. The molecule has 0 amide bonds. The predicted molar refractivity (Wildman–Crippen MR) is 62.6 cm³/mol. The summed E-state index contributed by atoms with van der Waals surface area (Å²) in [5.74, 6) is 0.428. The van der Waals surface area contributed by atoms with E-state index in [9.17, 15) is 10.1 Å². The van der Waals surface area contributed by atoms with Crippen LogP contribution in [0.25, 0.3) is 0 Å². The van der Waals surface area contributed by atoms with E-state index in [0.29, 0.717) is 29.7 Å². The standard InChI is InChI=1S/C11H14ClNO3/c1-8(2)6-16-7-9-5-10(13(14)15)3-4-11(9)12/h3-5,8H,6-7H2,1-2H3. The zero-order chi connectivity index (χ0) is 12.1. The van der Waals surface area contributed by atoms with Crippen LogP contribution in [0, 0.1) is 16.0 Å². The molecule has 0 saturated heterocycles. The van der Waals surface area contributed by atoms with Crippen molar-refractivity contribution in [3.05, 3.63) is 38.9 Å². The van der Waals surface area contributed by atoms with Crippen molar-refractivity contribution < 1.29 is 9.66 Å². The third-order valence-electron chi connectivity index (χ3n) is 1.95. The number of ether oxygens (including phenoxy) is 1. The van der Waals surface area contributed by atoms with E-state index in [1.165, 1.54) is 18.2 Å². The Labute approximate surface area is 99.3 Å². The summed E-state index contributed by atoms with van der Waals surface area (Å²) in [7, 11) is 0. The van der Waals surface area contributed by atoms with Gasteiger partial charge in [0.05, 0.1) is 11.5 Å². The topological polar surface area (TPSA) is 52.4 Å². The largest absolute Gasteiger partial charge is 0.376 e. The van der Waals surface area contributed by atoms with Gasteiger partial charge in [0, 0.05) is 29.3 Å². The SMILES string of the molecule is CC(C)COCc1cc([N+](=O)[O-])ccc1Cl. The van der Waals surface area contributed by atoms with E-state index in [-0.39, 0.29) is 5.69 Å². The van der Waals surface area contributed by atoms with Crippen LogP contribution in [0.4, 0.5) is 5.69 Å². The number of non-ortho nitro benzene ring substituents is 1. The molecule has 1 aromatic carbocycles. The van der Waals surface area contributed by atoms with Gasteiger partial charge in [-0.1, -0.05) is 25.4 Å². The molecule has 0 heterocycles. The Morgan fingerprint density at radius 3 is 2.75 bits per heavy atom. The summed E-state index contributed by atoms with van der Waals surface area (Å²) in [4.78, 5) is 10.1. The first-order valence-electron chi connectivity index (χ1n) is 5.01. The molecule has 0 aliphatic carbocycles. The fourth-order valence-corrected chi connectivity index (χ4v) is 1.36. The number of rotatable bonds is 5. The zero-order valence-electron chi connectivity index (χ0n) is 9.27. The molecule has 88 valence electrons. The highest BCUT2D eigenvalue weighted by Gasteiger charge is 2.09. The van der Waals surface area contributed by atoms with Crippen LogP contribution >= 0.6 is 11.6 Å². The molecule has 0 radical (unpaired) electrons. The van der Waals surface area contributed by atoms with Gasteiger partial charge in [-0.05, 0) is 12.0 Å². The fourth-order valence-electron chi connectivity index (χ4n) is 1.19. The molecule has 0 aliphatic heterocycles. The summed E-state index contributed by atoms with van der Waals surface area (Å²) in [5, 5.41) is 11.1. The normalized spacial score (nSPS) is 10.8. The van der Waals surface area contributed by atoms with E-state index in [1.54, 1.807) is 0 Å². The van der Waals surface area contributed by atoms with Crippen LogP contribution in [0.1, 0.15) is 19.4 Å². The van der Waals surface area contributed by atoms with Crippen molar-refractivity contribution in [2.24, 2.45) is 5.92 Å². The van der Waals surface area contributed by atoms with E-state index in [1.807, 2.05) is 13.8 Å². The fraction of sp³-hybridized carbons (Fsp3) is 0.455. The summed E-state index contributed by atoms with van der Waals surface area (Å²) < 4.78 is 5.39. The van der Waals surface area contributed by atoms with Crippen LogP contribution in [0.5, 0.6) is 0 Å². The number of benzene rings is 1. The maximum Gasteiger partial charge on any atom is 0.269 e. The van der Waals surface area contributed by atoms with Crippen LogP contribution in [0.3, 0.4) is 0 Å². The van der Waals surface area contributed by atoms with Gasteiger partial charge in [-0.3, -0.25) is 10.1 Å². The first-order valence-corrected chi connectivity index (χ1v) is 5.39. The van der Waals surface area contributed by atoms with E-state index in [2.05, 4.69) is 0 Å². The maximum atomic E-state index is 10.6. The lowest BCUT2D eigenvalue weighted by atomic mass is 10.2. The first kappa shape index (κ1) is 12.9. The smallest absolute Gasteiger partial charge is 0.269 e. The van der Waals surface area contributed by atoms with Crippen molar-refractivity contribution in [2.75, 3.05) is 6.61 Å². The lowest BCUT2D eigenvalue weighted by molar-refractivity contribution is -0.384. The van der Waals surface area contributed by atoms with Crippen molar-refractivity contribution in [1.82, 2.24) is 0 Å². The van der Waals surface area contributed by atoms with E-state index in [0.717, 1.165) is 0 Å².